The highest BCUT2D eigenvalue weighted by atomic mass is 32.1. The van der Waals surface area contributed by atoms with Crippen molar-refractivity contribution in [2.75, 3.05) is 6.54 Å². The maximum atomic E-state index is 12.2. The minimum absolute atomic E-state index is 0.133. The monoisotopic (exact) mass is 264 g/mol. The zero-order valence-electron chi connectivity index (χ0n) is 10.8. The van der Waals surface area contributed by atoms with Crippen molar-refractivity contribution in [3.8, 4) is 0 Å². The number of aryl methyl sites for hydroxylation is 2. The molecule has 0 bridgehead atoms. The van der Waals surface area contributed by atoms with Crippen LogP contribution >= 0.6 is 11.3 Å². The second kappa shape index (κ2) is 5.02. The number of carbonyl (C=O) groups excluding carboxylic acids is 1. The first-order valence-electron chi connectivity index (χ1n) is 6.88. The Morgan fingerprint density at radius 2 is 2.39 bits per heavy atom. The first kappa shape index (κ1) is 12.2. The smallest absolute Gasteiger partial charge is 0.261 e. The van der Waals surface area contributed by atoms with E-state index < -0.39 is 0 Å². The van der Waals surface area contributed by atoms with Gasteiger partial charge in [-0.3, -0.25) is 4.79 Å². The zero-order chi connectivity index (χ0) is 12.5. The Labute approximate surface area is 112 Å². The minimum Gasteiger partial charge on any atom is -0.349 e. The molecule has 0 spiro atoms. The first-order valence-corrected chi connectivity index (χ1v) is 7.70. The van der Waals surface area contributed by atoms with Crippen LogP contribution in [0.15, 0.2) is 6.07 Å². The summed E-state index contributed by atoms with van der Waals surface area (Å²) in [6, 6.07) is 2.95. The van der Waals surface area contributed by atoms with Gasteiger partial charge in [-0.15, -0.1) is 11.3 Å². The van der Waals surface area contributed by atoms with Gasteiger partial charge in [-0.05, 0) is 57.2 Å². The molecule has 3 rings (SSSR count). The van der Waals surface area contributed by atoms with E-state index >= 15 is 0 Å². The van der Waals surface area contributed by atoms with E-state index in [9.17, 15) is 4.79 Å². The number of hydrogen-bond donors (Lipinski definition) is 2. The maximum absolute atomic E-state index is 12.2. The highest BCUT2D eigenvalue weighted by molar-refractivity contribution is 7.14. The molecule has 1 aromatic rings. The van der Waals surface area contributed by atoms with Gasteiger partial charge in [0.1, 0.15) is 0 Å². The Balaban J connectivity index is 1.63. The van der Waals surface area contributed by atoms with Crippen LogP contribution in [-0.4, -0.2) is 24.5 Å². The van der Waals surface area contributed by atoms with Crippen LogP contribution in [0.3, 0.4) is 0 Å². The van der Waals surface area contributed by atoms with E-state index in [1.54, 1.807) is 11.3 Å². The molecule has 1 aromatic heterocycles. The van der Waals surface area contributed by atoms with Crippen LogP contribution < -0.4 is 10.6 Å². The summed E-state index contributed by atoms with van der Waals surface area (Å²) in [4.78, 5) is 14.5. The summed E-state index contributed by atoms with van der Waals surface area (Å²) >= 11 is 1.69. The van der Waals surface area contributed by atoms with E-state index in [1.807, 2.05) is 0 Å². The molecule has 3 nitrogen and oxygen atoms in total. The minimum atomic E-state index is 0.133. The number of carbonyl (C=O) groups is 1. The van der Waals surface area contributed by atoms with Crippen LogP contribution in [0, 0.1) is 0 Å². The fraction of sp³-hybridized carbons (Fsp3) is 0.643. The normalized spacial score (nSPS) is 26.9. The van der Waals surface area contributed by atoms with Gasteiger partial charge in [-0.1, -0.05) is 0 Å². The standard InChI is InChI=1S/C14H20N2OS/c1-9-7-11(5-6-15-9)16-14(17)13-8-10-3-2-4-12(10)18-13/h8-9,11,15H,2-7H2,1H3,(H,16,17). The van der Waals surface area contributed by atoms with Crippen LogP contribution in [0.25, 0.3) is 0 Å². The molecule has 0 aromatic carbocycles. The quantitative estimate of drug-likeness (QED) is 0.859. The Morgan fingerprint density at radius 3 is 3.17 bits per heavy atom. The van der Waals surface area contributed by atoms with Crippen LogP contribution in [0.2, 0.25) is 0 Å². The van der Waals surface area contributed by atoms with E-state index in [0.717, 1.165) is 37.1 Å². The zero-order valence-corrected chi connectivity index (χ0v) is 11.6. The Bertz CT molecular complexity index is 433. The molecule has 1 aliphatic heterocycles. The summed E-state index contributed by atoms with van der Waals surface area (Å²) in [6.07, 6.45) is 5.66. The maximum Gasteiger partial charge on any atom is 0.261 e. The van der Waals surface area contributed by atoms with Crippen LogP contribution in [0.4, 0.5) is 0 Å². The van der Waals surface area contributed by atoms with Crippen molar-refractivity contribution in [1.29, 1.82) is 0 Å². The van der Waals surface area contributed by atoms with E-state index in [-0.39, 0.29) is 5.91 Å². The van der Waals surface area contributed by atoms with Gasteiger partial charge in [0, 0.05) is 17.0 Å². The van der Waals surface area contributed by atoms with Crippen molar-refractivity contribution in [2.24, 2.45) is 0 Å². The van der Waals surface area contributed by atoms with Gasteiger partial charge in [0.05, 0.1) is 4.88 Å². The number of rotatable bonds is 2. The van der Waals surface area contributed by atoms with Gasteiger partial charge < -0.3 is 10.6 Å². The summed E-state index contributed by atoms with van der Waals surface area (Å²) in [5.41, 5.74) is 1.41. The first-order chi connectivity index (χ1) is 8.72. The number of amides is 1. The van der Waals surface area contributed by atoms with Gasteiger partial charge in [-0.2, -0.15) is 0 Å². The predicted molar refractivity (Wildman–Crippen MR) is 74.3 cm³/mol. The lowest BCUT2D eigenvalue weighted by molar-refractivity contribution is 0.0930. The summed E-state index contributed by atoms with van der Waals surface area (Å²) in [5, 5.41) is 6.59. The van der Waals surface area contributed by atoms with Gasteiger partial charge in [-0.25, -0.2) is 0 Å². The van der Waals surface area contributed by atoms with Crippen LogP contribution in [0.5, 0.6) is 0 Å². The van der Waals surface area contributed by atoms with Crippen molar-refractivity contribution in [1.82, 2.24) is 10.6 Å². The van der Waals surface area contributed by atoms with E-state index in [0.29, 0.717) is 12.1 Å². The Kier molecular flexibility index (Phi) is 3.39. The molecule has 2 atom stereocenters. The second-order valence-corrected chi connectivity index (χ2v) is 6.60. The lowest BCUT2D eigenvalue weighted by Crippen LogP contribution is -2.46. The van der Waals surface area contributed by atoms with Crippen molar-refractivity contribution in [3.63, 3.8) is 0 Å². The van der Waals surface area contributed by atoms with Crippen LogP contribution in [0.1, 0.15) is 46.3 Å². The van der Waals surface area contributed by atoms with Crippen molar-refractivity contribution in [2.45, 2.75) is 51.1 Å². The largest absolute Gasteiger partial charge is 0.349 e. The van der Waals surface area contributed by atoms with Crippen molar-refractivity contribution in [3.05, 3.63) is 21.4 Å². The Morgan fingerprint density at radius 1 is 1.50 bits per heavy atom. The molecule has 1 amide bonds. The third-order valence-electron chi connectivity index (χ3n) is 3.93. The predicted octanol–water partition coefficient (Wildman–Crippen LogP) is 2.11. The number of fused-ring (bicyclic) bond motifs is 1. The number of hydrogen-bond acceptors (Lipinski definition) is 3. The molecule has 2 aliphatic rings. The molecule has 0 saturated carbocycles. The van der Waals surface area contributed by atoms with E-state index in [1.165, 1.54) is 16.9 Å². The average molecular weight is 264 g/mol. The highest BCUT2D eigenvalue weighted by Crippen LogP contribution is 2.30. The highest BCUT2D eigenvalue weighted by Gasteiger charge is 2.23. The van der Waals surface area contributed by atoms with E-state index in [2.05, 4.69) is 23.6 Å². The Hall–Kier alpha value is -0.870. The molecular formula is C14H20N2OS. The molecule has 0 radical (unpaired) electrons. The number of nitrogens with one attached hydrogen (secondary N) is 2. The third kappa shape index (κ3) is 2.45. The van der Waals surface area contributed by atoms with E-state index in [4.69, 9.17) is 0 Å². The van der Waals surface area contributed by atoms with Gasteiger partial charge in [0.2, 0.25) is 0 Å². The van der Waals surface area contributed by atoms with Crippen LogP contribution in [-0.2, 0) is 12.8 Å². The summed E-state index contributed by atoms with van der Waals surface area (Å²) in [7, 11) is 0. The van der Waals surface area contributed by atoms with Gasteiger partial charge >= 0.3 is 0 Å². The van der Waals surface area contributed by atoms with Gasteiger partial charge in [0.25, 0.3) is 5.91 Å². The molecule has 18 heavy (non-hydrogen) atoms. The molecule has 2 N–H and O–H groups in total. The number of piperidine rings is 1. The fourth-order valence-corrected chi connectivity index (χ4v) is 4.12. The molecule has 2 unspecified atom stereocenters. The second-order valence-electron chi connectivity index (χ2n) is 5.46. The van der Waals surface area contributed by atoms with Crippen molar-refractivity contribution >= 4 is 17.2 Å². The summed E-state index contributed by atoms with van der Waals surface area (Å²) < 4.78 is 0. The topological polar surface area (TPSA) is 41.1 Å². The summed E-state index contributed by atoms with van der Waals surface area (Å²) in [6.45, 7) is 3.19. The average Bonchev–Trinajstić information content (AvgIpc) is 2.88. The lowest BCUT2D eigenvalue weighted by atomic mass is 10.0. The SMILES string of the molecule is CC1CC(NC(=O)c2cc3c(s2)CCC3)CCN1. The molecule has 98 valence electrons. The van der Waals surface area contributed by atoms with Gasteiger partial charge in [0.15, 0.2) is 0 Å². The molecule has 1 saturated heterocycles. The molecule has 2 heterocycles. The molecule has 4 heteroatoms. The molecule has 1 aliphatic carbocycles. The summed E-state index contributed by atoms with van der Waals surface area (Å²) in [5.74, 6) is 0.133. The van der Waals surface area contributed by atoms with Crippen molar-refractivity contribution < 1.29 is 4.79 Å². The molecular weight excluding hydrogens is 244 g/mol. The third-order valence-corrected chi connectivity index (χ3v) is 5.17. The fourth-order valence-electron chi connectivity index (χ4n) is 2.96. The number of thiophene rings is 1. The lowest BCUT2D eigenvalue weighted by Gasteiger charge is -2.28. The molecule has 1 fully saturated rings.